The molecular weight excluding hydrogens is 532 g/mol. The van der Waals surface area contributed by atoms with Crippen LogP contribution in [-0.4, -0.2) is 43.3 Å². The Kier molecular flexibility index (Phi) is 13.4. The Bertz CT molecular complexity index is 1270. The van der Waals surface area contributed by atoms with E-state index in [1.165, 1.54) is 11.1 Å². The average molecular weight is 577 g/mol. The molecule has 2 aromatic carbocycles. The molecule has 0 fully saturated rings. The molecule has 0 aliphatic carbocycles. The van der Waals surface area contributed by atoms with E-state index in [0.717, 1.165) is 92.4 Å². The zero-order chi connectivity index (χ0) is 29.2. The van der Waals surface area contributed by atoms with E-state index in [9.17, 15) is 0 Å². The molecule has 226 valence electrons. The van der Waals surface area contributed by atoms with Gasteiger partial charge < -0.3 is 28.0 Å². The molecular formula is C34H44N2O6. The van der Waals surface area contributed by atoms with E-state index in [1.807, 2.05) is 43.3 Å². The minimum atomic E-state index is 0.500. The first kappa shape index (κ1) is 31.3. The predicted molar refractivity (Wildman–Crippen MR) is 161 cm³/mol. The molecule has 4 rings (SSSR count). The minimum Gasteiger partial charge on any atom is -0.494 e. The summed E-state index contributed by atoms with van der Waals surface area (Å²) in [7, 11) is 0. The van der Waals surface area contributed by atoms with Gasteiger partial charge >= 0.3 is 0 Å². The summed E-state index contributed by atoms with van der Waals surface area (Å²) in [6, 6.07) is 20.4. The maximum atomic E-state index is 5.89. The van der Waals surface area contributed by atoms with Gasteiger partial charge in [-0.25, -0.2) is 0 Å². The second-order valence-corrected chi connectivity index (χ2v) is 10.6. The maximum absolute atomic E-state index is 5.89. The lowest BCUT2D eigenvalue weighted by molar-refractivity contribution is 0.111. The van der Waals surface area contributed by atoms with Crippen molar-refractivity contribution in [1.29, 1.82) is 0 Å². The van der Waals surface area contributed by atoms with Gasteiger partial charge in [0.05, 0.1) is 32.1 Å². The van der Waals surface area contributed by atoms with Crippen LogP contribution in [0.15, 0.2) is 69.7 Å². The van der Waals surface area contributed by atoms with Gasteiger partial charge in [0.15, 0.2) is 0 Å². The summed E-state index contributed by atoms with van der Waals surface area (Å²) in [5.74, 6) is 3.53. The van der Waals surface area contributed by atoms with Crippen LogP contribution in [0.4, 0.5) is 0 Å². The third kappa shape index (κ3) is 12.1. The Balaban J connectivity index is 0.981. The first-order chi connectivity index (χ1) is 20.6. The standard InChI is InChI=1S/C34H44N2O6/c1-27-8-13-32(14-9-27)40-22-7-6-19-37-23-18-30-25-34(42-35-30)17-12-29-10-15-33(16-11-29)39-21-5-3-4-20-38-26-31-24-28(2)41-36-31/h8-11,13-16,24-25H,3-7,12,17-23,26H2,1-2H3. The zero-order valence-corrected chi connectivity index (χ0v) is 25.0. The summed E-state index contributed by atoms with van der Waals surface area (Å²) in [5, 5.41) is 8.12. The van der Waals surface area contributed by atoms with Crippen molar-refractivity contribution in [2.75, 3.05) is 33.0 Å². The van der Waals surface area contributed by atoms with Crippen LogP contribution in [0.2, 0.25) is 0 Å². The molecule has 2 heterocycles. The van der Waals surface area contributed by atoms with E-state index in [4.69, 9.17) is 28.0 Å². The highest BCUT2D eigenvalue weighted by molar-refractivity contribution is 5.28. The lowest BCUT2D eigenvalue weighted by Crippen LogP contribution is -2.03. The molecule has 0 aliphatic heterocycles. The summed E-state index contributed by atoms with van der Waals surface area (Å²) in [5.41, 5.74) is 4.26. The second-order valence-electron chi connectivity index (χ2n) is 10.6. The Hall–Kier alpha value is -3.62. The number of nitrogens with zero attached hydrogens (tertiary/aromatic N) is 2. The SMILES string of the molecule is Cc1ccc(OCCCCOCCc2cc(CCc3ccc(OCCCCCOCc4cc(C)on4)cc3)on2)cc1. The summed E-state index contributed by atoms with van der Waals surface area (Å²) in [6.07, 6.45) is 7.46. The maximum Gasteiger partial charge on any atom is 0.137 e. The van der Waals surface area contributed by atoms with Gasteiger partial charge in [-0.1, -0.05) is 40.1 Å². The monoisotopic (exact) mass is 576 g/mol. The molecule has 0 spiro atoms. The largest absolute Gasteiger partial charge is 0.494 e. The van der Waals surface area contributed by atoms with Crippen LogP contribution in [0.3, 0.4) is 0 Å². The lowest BCUT2D eigenvalue weighted by Gasteiger charge is -2.07. The van der Waals surface area contributed by atoms with Gasteiger partial charge in [0, 0.05) is 38.2 Å². The van der Waals surface area contributed by atoms with E-state index in [1.54, 1.807) is 0 Å². The number of ether oxygens (including phenoxy) is 4. The number of aromatic nitrogens is 2. The third-order valence-electron chi connectivity index (χ3n) is 6.79. The Morgan fingerprint density at radius 3 is 1.95 bits per heavy atom. The van der Waals surface area contributed by atoms with E-state index < -0.39 is 0 Å². The average Bonchev–Trinajstić information content (AvgIpc) is 3.64. The molecule has 0 atom stereocenters. The topological polar surface area (TPSA) is 89.0 Å². The highest BCUT2D eigenvalue weighted by atomic mass is 16.5. The molecule has 8 nitrogen and oxygen atoms in total. The number of hydrogen-bond donors (Lipinski definition) is 0. The molecule has 0 N–H and O–H groups in total. The van der Waals surface area contributed by atoms with Crippen molar-refractivity contribution in [3.8, 4) is 11.5 Å². The van der Waals surface area contributed by atoms with Crippen LogP contribution < -0.4 is 9.47 Å². The molecule has 8 heteroatoms. The molecule has 0 amide bonds. The van der Waals surface area contributed by atoms with Gasteiger partial charge in [0.2, 0.25) is 0 Å². The number of benzene rings is 2. The van der Waals surface area contributed by atoms with Crippen molar-refractivity contribution in [3.05, 3.63) is 94.7 Å². The predicted octanol–water partition coefficient (Wildman–Crippen LogP) is 7.25. The summed E-state index contributed by atoms with van der Waals surface area (Å²) < 4.78 is 33.6. The van der Waals surface area contributed by atoms with Crippen molar-refractivity contribution in [2.45, 2.75) is 71.8 Å². The number of aryl methyl sites for hydroxylation is 4. The number of hydrogen-bond acceptors (Lipinski definition) is 8. The van der Waals surface area contributed by atoms with Gasteiger partial charge in [-0.05, 0) is 82.2 Å². The van der Waals surface area contributed by atoms with Crippen LogP contribution in [0, 0.1) is 13.8 Å². The fourth-order valence-corrected chi connectivity index (χ4v) is 4.36. The number of unbranched alkanes of at least 4 members (excludes halogenated alkanes) is 3. The molecule has 0 unspecified atom stereocenters. The fraction of sp³-hybridized carbons (Fsp3) is 0.471. The molecule has 0 aliphatic rings. The molecule has 0 saturated heterocycles. The van der Waals surface area contributed by atoms with Crippen LogP contribution in [-0.2, 0) is 35.3 Å². The molecule has 0 radical (unpaired) electrons. The normalized spacial score (nSPS) is 11.2. The Labute approximate surface area is 249 Å². The quantitative estimate of drug-likeness (QED) is 0.0959. The Morgan fingerprint density at radius 2 is 1.21 bits per heavy atom. The first-order valence-electron chi connectivity index (χ1n) is 15.1. The van der Waals surface area contributed by atoms with Gasteiger partial charge in [-0.15, -0.1) is 0 Å². The number of rotatable bonds is 21. The fourth-order valence-electron chi connectivity index (χ4n) is 4.36. The van der Waals surface area contributed by atoms with E-state index in [2.05, 4.69) is 41.5 Å². The van der Waals surface area contributed by atoms with Gasteiger partial charge in [0.25, 0.3) is 0 Å². The van der Waals surface area contributed by atoms with Crippen LogP contribution in [0.5, 0.6) is 11.5 Å². The zero-order valence-electron chi connectivity index (χ0n) is 25.0. The molecule has 42 heavy (non-hydrogen) atoms. The molecule has 0 bridgehead atoms. The summed E-state index contributed by atoms with van der Waals surface area (Å²) >= 11 is 0. The minimum absolute atomic E-state index is 0.500. The smallest absolute Gasteiger partial charge is 0.137 e. The van der Waals surface area contributed by atoms with Gasteiger partial charge in [0.1, 0.15) is 28.7 Å². The van der Waals surface area contributed by atoms with E-state index in [-0.39, 0.29) is 0 Å². The molecule has 2 aromatic heterocycles. The summed E-state index contributed by atoms with van der Waals surface area (Å²) in [4.78, 5) is 0. The van der Waals surface area contributed by atoms with E-state index >= 15 is 0 Å². The van der Waals surface area contributed by atoms with Gasteiger partial charge in [-0.2, -0.15) is 0 Å². The van der Waals surface area contributed by atoms with Crippen molar-refractivity contribution in [1.82, 2.24) is 10.3 Å². The highest BCUT2D eigenvalue weighted by Gasteiger charge is 2.06. The van der Waals surface area contributed by atoms with Crippen LogP contribution >= 0.6 is 0 Å². The van der Waals surface area contributed by atoms with Crippen molar-refractivity contribution in [2.24, 2.45) is 0 Å². The molecule has 4 aromatic rings. The third-order valence-corrected chi connectivity index (χ3v) is 6.79. The first-order valence-corrected chi connectivity index (χ1v) is 15.1. The van der Waals surface area contributed by atoms with Crippen molar-refractivity contribution >= 4 is 0 Å². The molecule has 0 saturated carbocycles. The lowest BCUT2D eigenvalue weighted by atomic mass is 10.1. The Morgan fingerprint density at radius 1 is 0.571 bits per heavy atom. The summed E-state index contributed by atoms with van der Waals surface area (Å²) in [6.45, 7) is 7.94. The van der Waals surface area contributed by atoms with Crippen molar-refractivity contribution < 1.29 is 28.0 Å². The van der Waals surface area contributed by atoms with Crippen molar-refractivity contribution in [3.63, 3.8) is 0 Å². The van der Waals surface area contributed by atoms with E-state index in [0.29, 0.717) is 33.0 Å². The second kappa shape index (κ2) is 18.0. The van der Waals surface area contributed by atoms with Crippen LogP contribution in [0.1, 0.15) is 66.1 Å². The highest BCUT2D eigenvalue weighted by Crippen LogP contribution is 2.16. The van der Waals surface area contributed by atoms with Crippen LogP contribution in [0.25, 0.3) is 0 Å². The van der Waals surface area contributed by atoms with Gasteiger partial charge in [-0.3, -0.25) is 0 Å².